The quantitative estimate of drug-likeness (QED) is 0.608. The first-order chi connectivity index (χ1) is 15.9. The number of fused-ring (bicyclic) bond motifs is 1. The third kappa shape index (κ3) is 4.48. The average Bonchev–Trinajstić information content (AvgIpc) is 2.83. The first-order valence-corrected chi connectivity index (χ1v) is 10.2. The zero-order valence-corrected chi connectivity index (χ0v) is 18.3. The second-order valence-corrected chi connectivity index (χ2v) is 7.50. The summed E-state index contributed by atoms with van der Waals surface area (Å²) in [7, 11) is 4.39. The number of methoxy groups -OCH3 is 3. The van der Waals surface area contributed by atoms with Gasteiger partial charge in [-0.05, 0) is 42.2 Å². The number of hydrogen-bond acceptors (Lipinski definition) is 7. The SMILES string of the molecule is COc1cc(C(=O)Nc2ncc3c(n2)C[C@H](c2ccc(F)cc2)CC3=O)cc(OC)c1OC. The molecule has 1 amide bonds. The lowest BCUT2D eigenvalue weighted by Crippen LogP contribution is -2.22. The highest BCUT2D eigenvalue weighted by molar-refractivity contribution is 6.04. The van der Waals surface area contributed by atoms with Gasteiger partial charge in [-0.2, -0.15) is 0 Å². The highest BCUT2D eigenvalue weighted by atomic mass is 19.1. The highest BCUT2D eigenvalue weighted by Gasteiger charge is 2.28. The molecule has 1 aromatic heterocycles. The summed E-state index contributed by atoms with van der Waals surface area (Å²) in [6.07, 6.45) is 2.19. The zero-order valence-electron chi connectivity index (χ0n) is 18.3. The van der Waals surface area contributed by atoms with Crippen molar-refractivity contribution in [3.8, 4) is 17.2 Å². The van der Waals surface area contributed by atoms with Crippen LogP contribution in [-0.2, 0) is 6.42 Å². The van der Waals surface area contributed by atoms with E-state index < -0.39 is 5.91 Å². The predicted octanol–water partition coefficient (Wildman–Crippen LogP) is 3.81. The molecule has 1 heterocycles. The summed E-state index contributed by atoms with van der Waals surface area (Å²) in [5.41, 5.74) is 2.08. The lowest BCUT2D eigenvalue weighted by Gasteiger charge is -2.23. The van der Waals surface area contributed by atoms with Gasteiger partial charge in [-0.15, -0.1) is 0 Å². The highest BCUT2D eigenvalue weighted by Crippen LogP contribution is 2.38. The van der Waals surface area contributed by atoms with Gasteiger partial charge in [0.2, 0.25) is 11.7 Å². The van der Waals surface area contributed by atoms with Crippen molar-refractivity contribution in [3.63, 3.8) is 0 Å². The predicted molar refractivity (Wildman–Crippen MR) is 118 cm³/mol. The van der Waals surface area contributed by atoms with Crippen LogP contribution in [-0.4, -0.2) is 43.0 Å². The van der Waals surface area contributed by atoms with Crippen LogP contribution in [0, 0.1) is 5.82 Å². The molecule has 0 spiro atoms. The Kier molecular flexibility index (Phi) is 6.21. The number of amides is 1. The third-order valence-electron chi connectivity index (χ3n) is 5.53. The molecule has 1 N–H and O–H groups in total. The molecule has 1 aliphatic rings. The summed E-state index contributed by atoms with van der Waals surface area (Å²) in [6.45, 7) is 0. The van der Waals surface area contributed by atoms with Crippen molar-refractivity contribution in [2.75, 3.05) is 26.6 Å². The third-order valence-corrected chi connectivity index (χ3v) is 5.53. The number of Topliss-reactive ketones (excluding diaryl/α,β-unsaturated/α-hetero) is 1. The average molecular weight is 451 g/mol. The summed E-state index contributed by atoms with van der Waals surface area (Å²) in [5, 5.41) is 2.65. The molecule has 0 aliphatic heterocycles. The molecule has 33 heavy (non-hydrogen) atoms. The molecule has 8 nitrogen and oxygen atoms in total. The molecule has 1 atom stereocenters. The summed E-state index contributed by atoms with van der Waals surface area (Å²) >= 11 is 0. The van der Waals surface area contributed by atoms with Crippen LogP contribution in [0.2, 0.25) is 0 Å². The molecular formula is C24H22FN3O5. The van der Waals surface area contributed by atoms with E-state index in [2.05, 4.69) is 15.3 Å². The van der Waals surface area contributed by atoms with Gasteiger partial charge in [0, 0.05) is 18.2 Å². The molecule has 0 bridgehead atoms. The van der Waals surface area contributed by atoms with Crippen molar-refractivity contribution < 1.29 is 28.2 Å². The molecule has 0 fully saturated rings. The van der Waals surface area contributed by atoms with E-state index in [4.69, 9.17) is 14.2 Å². The Balaban J connectivity index is 1.58. The van der Waals surface area contributed by atoms with E-state index >= 15 is 0 Å². The lowest BCUT2D eigenvalue weighted by molar-refractivity contribution is 0.0962. The number of halogens is 1. The second-order valence-electron chi connectivity index (χ2n) is 7.50. The molecule has 9 heteroatoms. The van der Waals surface area contributed by atoms with Gasteiger partial charge in [-0.3, -0.25) is 14.9 Å². The minimum Gasteiger partial charge on any atom is -0.493 e. The van der Waals surface area contributed by atoms with Crippen LogP contribution in [0.25, 0.3) is 0 Å². The normalized spacial score (nSPS) is 14.9. The largest absolute Gasteiger partial charge is 0.493 e. The smallest absolute Gasteiger partial charge is 0.258 e. The number of nitrogens with one attached hydrogen (secondary N) is 1. The first kappa shape index (κ1) is 22.2. The van der Waals surface area contributed by atoms with Crippen LogP contribution >= 0.6 is 0 Å². The van der Waals surface area contributed by atoms with E-state index in [0.29, 0.717) is 41.3 Å². The maximum atomic E-state index is 13.3. The molecule has 4 rings (SSSR count). The van der Waals surface area contributed by atoms with Gasteiger partial charge in [-0.1, -0.05) is 12.1 Å². The Morgan fingerprint density at radius 2 is 1.70 bits per heavy atom. The van der Waals surface area contributed by atoms with E-state index in [1.54, 1.807) is 12.1 Å². The minimum absolute atomic E-state index is 0.0695. The van der Waals surface area contributed by atoms with Crippen LogP contribution in [0.3, 0.4) is 0 Å². The number of carbonyl (C=O) groups excluding carboxylic acids is 2. The number of aromatic nitrogens is 2. The standard InChI is InChI=1S/C24H22FN3O5/c1-31-20-10-15(11-21(32-2)22(20)33-3)23(30)28-24-26-12-17-18(27-24)8-14(9-19(17)29)13-4-6-16(25)7-5-13/h4-7,10-12,14H,8-9H2,1-3H3,(H,26,27,28,30)/t14-/m0/s1. The second kappa shape index (κ2) is 9.23. The van der Waals surface area contributed by atoms with Gasteiger partial charge < -0.3 is 14.2 Å². The number of ether oxygens (including phenoxy) is 3. The van der Waals surface area contributed by atoms with Crippen molar-refractivity contribution in [2.45, 2.75) is 18.8 Å². The van der Waals surface area contributed by atoms with Crippen LogP contribution in [0.5, 0.6) is 17.2 Å². The molecule has 1 aliphatic carbocycles. The summed E-state index contributed by atoms with van der Waals surface area (Å²) in [4.78, 5) is 34.0. The lowest BCUT2D eigenvalue weighted by atomic mass is 9.82. The molecule has 3 aromatic rings. The molecule has 0 saturated heterocycles. The van der Waals surface area contributed by atoms with Crippen LogP contribution in [0.1, 0.15) is 44.3 Å². The Hall–Kier alpha value is -4.01. The van der Waals surface area contributed by atoms with E-state index in [1.807, 2.05) is 0 Å². The summed E-state index contributed by atoms with van der Waals surface area (Å²) < 4.78 is 29.1. The Morgan fingerprint density at radius 3 is 2.30 bits per heavy atom. The number of nitrogens with zero attached hydrogens (tertiary/aromatic N) is 2. The fourth-order valence-electron chi connectivity index (χ4n) is 3.86. The minimum atomic E-state index is -0.480. The number of rotatable bonds is 6. The van der Waals surface area contributed by atoms with Crippen molar-refractivity contribution in [1.82, 2.24) is 9.97 Å². The van der Waals surface area contributed by atoms with Crippen molar-refractivity contribution in [3.05, 3.63) is 70.8 Å². The van der Waals surface area contributed by atoms with Gasteiger partial charge in [0.05, 0.1) is 32.6 Å². The van der Waals surface area contributed by atoms with Gasteiger partial charge in [0.15, 0.2) is 17.3 Å². The zero-order chi connectivity index (χ0) is 23.5. The van der Waals surface area contributed by atoms with E-state index in [9.17, 15) is 14.0 Å². The van der Waals surface area contributed by atoms with Crippen molar-refractivity contribution in [2.24, 2.45) is 0 Å². The van der Waals surface area contributed by atoms with E-state index in [0.717, 1.165) is 5.56 Å². The Bertz CT molecular complexity index is 1190. The fraction of sp³-hybridized carbons (Fsp3) is 0.250. The molecule has 0 radical (unpaired) electrons. The molecule has 0 unspecified atom stereocenters. The van der Waals surface area contributed by atoms with Crippen molar-refractivity contribution >= 4 is 17.6 Å². The van der Waals surface area contributed by atoms with Crippen LogP contribution < -0.4 is 19.5 Å². The van der Waals surface area contributed by atoms with Crippen LogP contribution in [0.4, 0.5) is 10.3 Å². The topological polar surface area (TPSA) is 99.6 Å². The summed E-state index contributed by atoms with van der Waals surface area (Å²) in [5.74, 6) is 0.0771. The summed E-state index contributed by atoms with van der Waals surface area (Å²) in [6, 6.07) is 9.13. The number of ketones is 1. The van der Waals surface area contributed by atoms with Crippen molar-refractivity contribution in [1.29, 1.82) is 0 Å². The molecular weight excluding hydrogens is 429 g/mol. The Morgan fingerprint density at radius 1 is 1.03 bits per heavy atom. The number of carbonyl (C=O) groups is 2. The first-order valence-electron chi connectivity index (χ1n) is 10.2. The molecule has 2 aromatic carbocycles. The fourth-order valence-corrected chi connectivity index (χ4v) is 3.86. The van der Waals surface area contributed by atoms with E-state index in [1.165, 1.54) is 51.8 Å². The molecule has 0 saturated carbocycles. The number of anilines is 1. The van der Waals surface area contributed by atoms with Gasteiger partial charge in [-0.25, -0.2) is 14.4 Å². The van der Waals surface area contributed by atoms with Crippen LogP contribution in [0.15, 0.2) is 42.6 Å². The number of benzene rings is 2. The molecule has 170 valence electrons. The Labute approximate surface area is 189 Å². The number of hydrogen-bond donors (Lipinski definition) is 1. The maximum absolute atomic E-state index is 13.3. The van der Waals surface area contributed by atoms with Gasteiger partial charge in [0.25, 0.3) is 5.91 Å². The maximum Gasteiger partial charge on any atom is 0.258 e. The van der Waals surface area contributed by atoms with Gasteiger partial charge >= 0.3 is 0 Å². The monoisotopic (exact) mass is 451 g/mol. The van der Waals surface area contributed by atoms with Gasteiger partial charge in [0.1, 0.15) is 5.82 Å². The van der Waals surface area contributed by atoms with E-state index in [-0.39, 0.29) is 29.0 Å².